The zero-order valence-electron chi connectivity index (χ0n) is 20.1. The van der Waals surface area contributed by atoms with Crippen molar-refractivity contribution in [2.45, 2.75) is 38.8 Å². The molecule has 1 unspecified atom stereocenters. The van der Waals surface area contributed by atoms with E-state index in [9.17, 15) is 14.4 Å². The fourth-order valence-electron chi connectivity index (χ4n) is 3.50. The van der Waals surface area contributed by atoms with Gasteiger partial charge in [0.25, 0.3) is 5.91 Å². The van der Waals surface area contributed by atoms with Gasteiger partial charge in [-0.2, -0.15) is 5.10 Å². The molecule has 35 heavy (non-hydrogen) atoms. The summed E-state index contributed by atoms with van der Waals surface area (Å²) < 4.78 is 0. The zero-order valence-corrected chi connectivity index (χ0v) is 20.1. The SMILES string of the molecule is CC(C)(C)NC(=O)C(c1ccccc1)N(C(=O)C/C=N/NC(=O)c1ccccc1)c1ccccc1. The molecule has 0 aliphatic heterocycles. The lowest BCUT2D eigenvalue weighted by molar-refractivity contribution is -0.127. The fraction of sp³-hybridized carbons (Fsp3) is 0.214. The molecule has 3 amide bonds. The molecule has 3 rings (SSSR count). The molecule has 0 spiro atoms. The number of amides is 3. The lowest BCUT2D eigenvalue weighted by Gasteiger charge is -2.33. The van der Waals surface area contributed by atoms with Crippen LogP contribution in [0.4, 0.5) is 5.69 Å². The van der Waals surface area contributed by atoms with Gasteiger partial charge in [-0.1, -0.05) is 66.7 Å². The maximum Gasteiger partial charge on any atom is 0.271 e. The van der Waals surface area contributed by atoms with Crippen LogP contribution < -0.4 is 15.6 Å². The maximum absolute atomic E-state index is 13.5. The van der Waals surface area contributed by atoms with E-state index in [4.69, 9.17) is 0 Å². The van der Waals surface area contributed by atoms with Gasteiger partial charge in [-0.25, -0.2) is 5.43 Å². The molecule has 3 aromatic carbocycles. The average Bonchev–Trinajstić information content (AvgIpc) is 2.85. The molecule has 2 N–H and O–H groups in total. The zero-order chi connectivity index (χ0) is 25.3. The number of hydrogen-bond donors (Lipinski definition) is 2. The van der Waals surface area contributed by atoms with Gasteiger partial charge in [-0.3, -0.25) is 19.3 Å². The molecule has 180 valence electrons. The average molecular weight is 471 g/mol. The van der Waals surface area contributed by atoms with Gasteiger partial charge in [0.15, 0.2) is 0 Å². The normalized spacial score (nSPS) is 12.1. The van der Waals surface area contributed by atoms with Crippen LogP contribution in [-0.4, -0.2) is 29.5 Å². The topological polar surface area (TPSA) is 90.9 Å². The van der Waals surface area contributed by atoms with Crippen molar-refractivity contribution in [1.82, 2.24) is 10.7 Å². The van der Waals surface area contributed by atoms with E-state index in [2.05, 4.69) is 15.8 Å². The number of nitrogens with one attached hydrogen (secondary N) is 2. The number of hydrazone groups is 1. The van der Waals surface area contributed by atoms with Crippen LogP contribution in [0.3, 0.4) is 0 Å². The minimum absolute atomic E-state index is 0.115. The summed E-state index contributed by atoms with van der Waals surface area (Å²) in [5.74, 6) is -1.01. The Bertz CT molecular complexity index is 1160. The molecular weight excluding hydrogens is 440 g/mol. The van der Waals surface area contributed by atoms with Crippen LogP contribution in [0.15, 0.2) is 96.1 Å². The quantitative estimate of drug-likeness (QED) is 0.376. The van der Waals surface area contributed by atoms with Gasteiger partial charge in [0.1, 0.15) is 6.04 Å². The molecule has 0 bridgehead atoms. The number of para-hydroxylation sites is 1. The standard InChI is InChI=1S/C28H30N4O3/c1-28(2,3)30-27(35)25(21-13-7-4-8-14-21)32(23-17-11-6-12-18-23)24(33)19-20-29-31-26(34)22-15-9-5-10-16-22/h4-18,20,25H,19H2,1-3H3,(H,30,35)(H,31,34)/b29-20+. The lowest BCUT2D eigenvalue weighted by Crippen LogP contribution is -2.49. The Hall–Kier alpha value is -4.26. The van der Waals surface area contributed by atoms with Crippen molar-refractivity contribution in [2.24, 2.45) is 5.10 Å². The molecule has 0 saturated carbocycles. The number of rotatable bonds is 8. The molecule has 7 heteroatoms. The molecular formula is C28H30N4O3. The largest absolute Gasteiger partial charge is 0.349 e. The number of benzene rings is 3. The molecule has 1 atom stereocenters. The molecule has 0 aromatic heterocycles. The minimum Gasteiger partial charge on any atom is -0.349 e. The fourth-order valence-corrected chi connectivity index (χ4v) is 3.50. The Balaban J connectivity index is 1.87. The lowest BCUT2D eigenvalue weighted by atomic mass is 10.0. The van der Waals surface area contributed by atoms with Gasteiger partial charge in [0.2, 0.25) is 11.8 Å². The predicted molar refractivity (Wildman–Crippen MR) is 138 cm³/mol. The van der Waals surface area contributed by atoms with E-state index in [1.807, 2.05) is 75.4 Å². The van der Waals surface area contributed by atoms with Crippen LogP contribution in [0.25, 0.3) is 0 Å². The summed E-state index contributed by atoms with van der Waals surface area (Å²) in [6, 6.07) is 26.0. The number of anilines is 1. The Morgan fingerprint density at radius 2 is 1.40 bits per heavy atom. The van der Waals surface area contributed by atoms with Crippen LogP contribution in [0.1, 0.15) is 49.2 Å². The summed E-state index contributed by atoms with van der Waals surface area (Å²) in [5.41, 5.74) is 3.67. The van der Waals surface area contributed by atoms with Crippen LogP contribution in [-0.2, 0) is 9.59 Å². The Morgan fingerprint density at radius 3 is 1.97 bits per heavy atom. The van der Waals surface area contributed by atoms with Gasteiger partial charge < -0.3 is 5.32 Å². The van der Waals surface area contributed by atoms with Crippen molar-refractivity contribution >= 4 is 29.6 Å². The van der Waals surface area contributed by atoms with Crippen molar-refractivity contribution in [3.8, 4) is 0 Å². The second-order valence-electron chi connectivity index (χ2n) is 8.97. The summed E-state index contributed by atoms with van der Waals surface area (Å²) in [6.07, 6.45) is 1.22. The third-order valence-electron chi connectivity index (χ3n) is 4.98. The van der Waals surface area contributed by atoms with Gasteiger partial charge >= 0.3 is 0 Å². The molecule has 0 radical (unpaired) electrons. The second kappa shape index (κ2) is 11.7. The number of hydrogen-bond acceptors (Lipinski definition) is 4. The van der Waals surface area contributed by atoms with Gasteiger partial charge in [-0.15, -0.1) is 0 Å². The van der Waals surface area contributed by atoms with Crippen molar-refractivity contribution in [1.29, 1.82) is 0 Å². The highest BCUT2D eigenvalue weighted by Crippen LogP contribution is 2.29. The smallest absolute Gasteiger partial charge is 0.271 e. The number of carbonyl (C=O) groups excluding carboxylic acids is 3. The number of carbonyl (C=O) groups is 3. The van der Waals surface area contributed by atoms with E-state index in [1.54, 1.807) is 36.4 Å². The van der Waals surface area contributed by atoms with E-state index < -0.39 is 11.6 Å². The summed E-state index contributed by atoms with van der Waals surface area (Å²) in [5, 5.41) is 6.93. The molecule has 0 aliphatic rings. The minimum atomic E-state index is -0.891. The summed E-state index contributed by atoms with van der Waals surface area (Å²) >= 11 is 0. The van der Waals surface area contributed by atoms with Crippen LogP contribution >= 0.6 is 0 Å². The summed E-state index contributed by atoms with van der Waals surface area (Å²) in [7, 11) is 0. The highest BCUT2D eigenvalue weighted by atomic mass is 16.2. The molecule has 0 aliphatic carbocycles. The Labute approximate surface area is 205 Å². The maximum atomic E-state index is 13.5. The summed E-state index contributed by atoms with van der Waals surface area (Å²) in [4.78, 5) is 40.6. The van der Waals surface area contributed by atoms with Gasteiger partial charge in [0, 0.05) is 23.0 Å². The molecule has 7 nitrogen and oxygen atoms in total. The predicted octanol–water partition coefficient (Wildman–Crippen LogP) is 4.48. The van der Waals surface area contributed by atoms with E-state index in [1.165, 1.54) is 11.1 Å². The molecule has 0 saturated heterocycles. The van der Waals surface area contributed by atoms with Crippen LogP contribution in [0.5, 0.6) is 0 Å². The van der Waals surface area contributed by atoms with Crippen molar-refractivity contribution in [3.05, 3.63) is 102 Å². The highest BCUT2D eigenvalue weighted by molar-refractivity contribution is 6.06. The molecule has 0 heterocycles. The Kier molecular flexibility index (Phi) is 8.51. The van der Waals surface area contributed by atoms with Crippen molar-refractivity contribution in [3.63, 3.8) is 0 Å². The third-order valence-corrected chi connectivity index (χ3v) is 4.98. The van der Waals surface area contributed by atoms with Gasteiger partial charge in [-0.05, 0) is 50.6 Å². The van der Waals surface area contributed by atoms with E-state index >= 15 is 0 Å². The van der Waals surface area contributed by atoms with Crippen LogP contribution in [0.2, 0.25) is 0 Å². The Morgan fingerprint density at radius 1 is 0.857 bits per heavy atom. The van der Waals surface area contributed by atoms with E-state index in [0.29, 0.717) is 16.8 Å². The second-order valence-corrected chi connectivity index (χ2v) is 8.97. The third kappa shape index (κ3) is 7.37. The monoisotopic (exact) mass is 470 g/mol. The number of nitrogens with zero attached hydrogens (tertiary/aromatic N) is 2. The molecule has 3 aromatic rings. The van der Waals surface area contributed by atoms with E-state index in [0.717, 1.165) is 0 Å². The van der Waals surface area contributed by atoms with Gasteiger partial charge in [0.05, 0.1) is 6.42 Å². The first-order chi connectivity index (χ1) is 16.8. The first kappa shape index (κ1) is 25.4. The van der Waals surface area contributed by atoms with Crippen molar-refractivity contribution in [2.75, 3.05) is 4.90 Å². The van der Waals surface area contributed by atoms with E-state index in [-0.39, 0.29) is 24.1 Å². The summed E-state index contributed by atoms with van der Waals surface area (Å²) in [6.45, 7) is 5.68. The molecule has 0 fully saturated rings. The highest BCUT2D eigenvalue weighted by Gasteiger charge is 2.33. The van der Waals surface area contributed by atoms with Crippen LogP contribution in [0, 0.1) is 0 Å². The van der Waals surface area contributed by atoms with Crippen molar-refractivity contribution < 1.29 is 14.4 Å². The first-order valence-electron chi connectivity index (χ1n) is 11.4. The first-order valence-corrected chi connectivity index (χ1v) is 11.4.